The summed E-state index contributed by atoms with van der Waals surface area (Å²) in [6.45, 7) is 4.35. The van der Waals surface area contributed by atoms with Crippen molar-refractivity contribution in [3.63, 3.8) is 0 Å². The summed E-state index contributed by atoms with van der Waals surface area (Å²) in [4.78, 5) is 4.25. The van der Waals surface area contributed by atoms with Crippen LogP contribution in [0, 0.1) is 0 Å². The van der Waals surface area contributed by atoms with Crippen molar-refractivity contribution < 1.29 is 4.74 Å². The number of aromatic nitrogens is 1. The van der Waals surface area contributed by atoms with E-state index in [0.717, 1.165) is 16.6 Å². The number of benzene rings is 1. The molecule has 94 valence electrons. The molecule has 0 bridgehead atoms. The minimum Gasteiger partial charge on any atom is -0.439 e. The van der Waals surface area contributed by atoms with E-state index in [9.17, 15) is 0 Å². The predicted octanol–water partition coefficient (Wildman–Crippen LogP) is 4.89. The highest BCUT2D eigenvalue weighted by Gasteiger charge is 2.01. The number of halogens is 1. The Balaban J connectivity index is 2.08. The Labute approximate surface area is 116 Å². The lowest BCUT2D eigenvalue weighted by Gasteiger charge is -2.08. The summed E-state index contributed by atoms with van der Waals surface area (Å²) in [5.41, 5.74) is 2.45. The molecule has 0 unspecified atom stereocenters. The largest absolute Gasteiger partial charge is 0.439 e. The Morgan fingerprint density at radius 2 is 1.83 bits per heavy atom. The number of hydrogen-bond donors (Lipinski definition) is 0. The third kappa shape index (κ3) is 3.33. The molecule has 0 spiro atoms. The van der Waals surface area contributed by atoms with Gasteiger partial charge in [0.1, 0.15) is 5.75 Å². The van der Waals surface area contributed by atoms with Crippen molar-refractivity contribution >= 4 is 15.9 Å². The van der Waals surface area contributed by atoms with Crippen molar-refractivity contribution in [1.82, 2.24) is 4.98 Å². The summed E-state index contributed by atoms with van der Waals surface area (Å²) in [7, 11) is 0. The van der Waals surface area contributed by atoms with Gasteiger partial charge in [0, 0.05) is 17.6 Å². The standard InChI is InChI=1S/C15H16BrNO/c1-11(2)13-4-6-14(7-5-13)18-15-8-3-12(9-16)10-17-15/h3-8,10-11H,9H2,1-2H3. The van der Waals surface area contributed by atoms with E-state index in [0.29, 0.717) is 11.8 Å². The number of rotatable bonds is 4. The Morgan fingerprint density at radius 3 is 2.33 bits per heavy atom. The monoisotopic (exact) mass is 305 g/mol. The van der Waals surface area contributed by atoms with Crippen molar-refractivity contribution in [2.24, 2.45) is 0 Å². The molecule has 0 fully saturated rings. The molecule has 1 heterocycles. The quantitative estimate of drug-likeness (QED) is 0.750. The molecule has 1 aromatic carbocycles. The SMILES string of the molecule is CC(C)c1ccc(Oc2ccc(CBr)cn2)cc1. The van der Waals surface area contributed by atoms with E-state index in [2.05, 4.69) is 46.9 Å². The number of ether oxygens (including phenoxy) is 1. The van der Waals surface area contributed by atoms with Gasteiger partial charge in [-0.15, -0.1) is 0 Å². The number of hydrogen-bond acceptors (Lipinski definition) is 2. The van der Waals surface area contributed by atoms with Crippen LogP contribution in [0.5, 0.6) is 11.6 Å². The van der Waals surface area contributed by atoms with Crippen LogP contribution in [0.15, 0.2) is 42.6 Å². The molecule has 0 aliphatic heterocycles. The summed E-state index contributed by atoms with van der Waals surface area (Å²) in [5.74, 6) is 1.98. The molecule has 18 heavy (non-hydrogen) atoms. The zero-order valence-corrected chi connectivity index (χ0v) is 12.1. The molecule has 0 saturated carbocycles. The molecule has 0 N–H and O–H groups in total. The van der Waals surface area contributed by atoms with E-state index >= 15 is 0 Å². The summed E-state index contributed by atoms with van der Waals surface area (Å²) < 4.78 is 5.69. The van der Waals surface area contributed by atoms with E-state index in [1.807, 2.05) is 30.5 Å². The van der Waals surface area contributed by atoms with Gasteiger partial charge in [-0.25, -0.2) is 4.98 Å². The average Bonchev–Trinajstić information content (AvgIpc) is 2.40. The second-order valence-electron chi connectivity index (χ2n) is 4.46. The lowest BCUT2D eigenvalue weighted by atomic mass is 10.0. The van der Waals surface area contributed by atoms with Crippen molar-refractivity contribution in [2.75, 3.05) is 0 Å². The third-order valence-electron chi connectivity index (χ3n) is 2.72. The van der Waals surface area contributed by atoms with Gasteiger partial charge in [0.15, 0.2) is 0 Å². The smallest absolute Gasteiger partial charge is 0.219 e. The fourth-order valence-electron chi connectivity index (χ4n) is 1.59. The predicted molar refractivity (Wildman–Crippen MR) is 77.5 cm³/mol. The Morgan fingerprint density at radius 1 is 1.11 bits per heavy atom. The second kappa shape index (κ2) is 6.01. The Kier molecular flexibility index (Phi) is 4.37. The minimum atomic E-state index is 0.537. The molecule has 0 atom stereocenters. The van der Waals surface area contributed by atoms with Gasteiger partial charge in [-0.1, -0.05) is 48.0 Å². The average molecular weight is 306 g/mol. The highest BCUT2D eigenvalue weighted by molar-refractivity contribution is 9.08. The molecular formula is C15H16BrNO. The van der Waals surface area contributed by atoms with Crippen molar-refractivity contribution in [2.45, 2.75) is 25.1 Å². The minimum absolute atomic E-state index is 0.537. The molecular weight excluding hydrogens is 290 g/mol. The fraction of sp³-hybridized carbons (Fsp3) is 0.267. The van der Waals surface area contributed by atoms with Crippen molar-refractivity contribution in [3.8, 4) is 11.6 Å². The van der Waals surface area contributed by atoms with Crippen LogP contribution in [-0.4, -0.2) is 4.98 Å². The van der Waals surface area contributed by atoms with Crippen molar-refractivity contribution in [3.05, 3.63) is 53.7 Å². The van der Waals surface area contributed by atoms with Crippen LogP contribution in [0.2, 0.25) is 0 Å². The van der Waals surface area contributed by atoms with Gasteiger partial charge in [-0.05, 0) is 29.2 Å². The fourth-order valence-corrected chi connectivity index (χ4v) is 1.92. The van der Waals surface area contributed by atoms with Gasteiger partial charge in [-0.3, -0.25) is 0 Å². The Hall–Kier alpha value is -1.35. The molecule has 2 aromatic rings. The van der Waals surface area contributed by atoms with Crippen LogP contribution in [-0.2, 0) is 5.33 Å². The first-order valence-corrected chi connectivity index (χ1v) is 7.10. The molecule has 0 aliphatic rings. The number of pyridine rings is 1. The first-order chi connectivity index (χ1) is 8.69. The van der Waals surface area contributed by atoms with Crippen LogP contribution in [0.1, 0.15) is 30.9 Å². The summed E-state index contributed by atoms with van der Waals surface area (Å²) in [6.07, 6.45) is 1.81. The Bertz CT molecular complexity index is 491. The molecule has 2 rings (SSSR count). The maximum absolute atomic E-state index is 5.69. The molecule has 2 nitrogen and oxygen atoms in total. The topological polar surface area (TPSA) is 22.1 Å². The molecule has 0 aliphatic carbocycles. The first-order valence-electron chi connectivity index (χ1n) is 5.97. The van der Waals surface area contributed by atoms with E-state index in [-0.39, 0.29) is 0 Å². The van der Waals surface area contributed by atoms with Crippen molar-refractivity contribution in [1.29, 1.82) is 0 Å². The molecule has 1 aromatic heterocycles. The van der Waals surface area contributed by atoms with Crippen LogP contribution in [0.4, 0.5) is 0 Å². The third-order valence-corrected chi connectivity index (χ3v) is 3.37. The van der Waals surface area contributed by atoms with Gasteiger partial charge in [0.25, 0.3) is 0 Å². The zero-order valence-electron chi connectivity index (χ0n) is 10.6. The summed E-state index contributed by atoms with van der Waals surface area (Å²) in [6, 6.07) is 12.0. The van der Waals surface area contributed by atoms with Crippen LogP contribution in [0.25, 0.3) is 0 Å². The summed E-state index contributed by atoms with van der Waals surface area (Å²) in [5, 5.41) is 0.809. The molecule has 0 amide bonds. The van der Waals surface area contributed by atoms with Crippen LogP contribution in [0.3, 0.4) is 0 Å². The van der Waals surface area contributed by atoms with E-state index in [4.69, 9.17) is 4.74 Å². The zero-order chi connectivity index (χ0) is 13.0. The van der Waals surface area contributed by atoms with E-state index < -0.39 is 0 Å². The lowest BCUT2D eigenvalue weighted by Crippen LogP contribution is -1.90. The molecule has 3 heteroatoms. The maximum Gasteiger partial charge on any atom is 0.219 e. The van der Waals surface area contributed by atoms with Gasteiger partial charge < -0.3 is 4.74 Å². The van der Waals surface area contributed by atoms with Gasteiger partial charge in [0.2, 0.25) is 5.88 Å². The highest BCUT2D eigenvalue weighted by atomic mass is 79.9. The normalized spacial score (nSPS) is 10.7. The highest BCUT2D eigenvalue weighted by Crippen LogP contribution is 2.22. The van der Waals surface area contributed by atoms with E-state index in [1.165, 1.54) is 5.56 Å². The van der Waals surface area contributed by atoms with Crippen LogP contribution >= 0.6 is 15.9 Å². The summed E-state index contributed by atoms with van der Waals surface area (Å²) >= 11 is 3.39. The number of nitrogens with zero attached hydrogens (tertiary/aromatic N) is 1. The van der Waals surface area contributed by atoms with Gasteiger partial charge in [0.05, 0.1) is 0 Å². The molecule has 0 radical (unpaired) electrons. The van der Waals surface area contributed by atoms with Gasteiger partial charge in [-0.2, -0.15) is 0 Å². The lowest BCUT2D eigenvalue weighted by molar-refractivity contribution is 0.462. The maximum atomic E-state index is 5.69. The molecule has 0 saturated heterocycles. The van der Waals surface area contributed by atoms with Gasteiger partial charge >= 0.3 is 0 Å². The van der Waals surface area contributed by atoms with E-state index in [1.54, 1.807) is 0 Å². The second-order valence-corrected chi connectivity index (χ2v) is 5.02. The van der Waals surface area contributed by atoms with Crippen LogP contribution < -0.4 is 4.74 Å². The first kappa shape index (κ1) is 13.1. The number of alkyl halides is 1.